The lowest BCUT2D eigenvalue weighted by Gasteiger charge is -2.18. The Kier molecular flexibility index (Phi) is 6.00. The normalized spacial score (nSPS) is 11.4. The van der Waals surface area contributed by atoms with Gasteiger partial charge in [-0.3, -0.25) is 14.9 Å². The van der Waals surface area contributed by atoms with Crippen LogP contribution < -0.4 is 0 Å². The summed E-state index contributed by atoms with van der Waals surface area (Å²) in [5, 5.41) is 4.30. The number of pyridine rings is 3. The molecule has 0 aliphatic rings. The van der Waals surface area contributed by atoms with Crippen LogP contribution in [0.1, 0.15) is 17.1 Å². The van der Waals surface area contributed by atoms with E-state index in [-0.39, 0.29) is 0 Å². The summed E-state index contributed by atoms with van der Waals surface area (Å²) in [6, 6.07) is 22.5. The molecule has 0 bridgehead atoms. The maximum absolute atomic E-state index is 5.03. The first-order chi connectivity index (χ1) is 18.1. The van der Waals surface area contributed by atoms with E-state index in [1.807, 2.05) is 55.7 Å². The Balaban J connectivity index is 1.33. The maximum Gasteiger partial charge on any atom is 0.155 e. The second kappa shape index (κ2) is 9.75. The van der Waals surface area contributed by atoms with E-state index in [4.69, 9.17) is 9.97 Å². The molecule has 6 aromatic rings. The molecule has 8 nitrogen and oxygen atoms in total. The van der Waals surface area contributed by atoms with E-state index in [1.54, 1.807) is 17.0 Å². The van der Waals surface area contributed by atoms with Gasteiger partial charge in [-0.25, -0.2) is 14.5 Å². The summed E-state index contributed by atoms with van der Waals surface area (Å²) in [5.41, 5.74) is 8.83. The Morgan fingerprint density at radius 2 is 1.81 bits per heavy atom. The number of nitrogens with zero attached hydrogens (tertiary/aromatic N) is 7. The first-order valence-electron chi connectivity index (χ1n) is 12.1. The third-order valence-electron chi connectivity index (χ3n) is 6.29. The molecule has 0 atom stereocenters. The van der Waals surface area contributed by atoms with Gasteiger partial charge in [-0.2, -0.15) is 5.10 Å². The zero-order valence-corrected chi connectivity index (χ0v) is 20.7. The van der Waals surface area contributed by atoms with Crippen molar-refractivity contribution in [2.45, 2.75) is 20.0 Å². The monoisotopic (exact) mass is 486 g/mol. The molecule has 5 heterocycles. The molecule has 0 aliphatic heterocycles. The van der Waals surface area contributed by atoms with Crippen LogP contribution in [0.5, 0.6) is 0 Å². The molecule has 0 fully saturated rings. The van der Waals surface area contributed by atoms with Crippen molar-refractivity contribution >= 4 is 5.65 Å². The van der Waals surface area contributed by atoms with Crippen molar-refractivity contribution in [2.24, 2.45) is 0 Å². The molecule has 1 aromatic carbocycles. The van der Waals surface area contributed by atoms with Crippen molar-refractivity contribution in [3.8, 4) is 33.8 Å². The van der Waals surface area contributed by atoms with Gasteiger partial charge in [0.2, 0.25) is 0 Å². The average molecular weight is 487 g/mol. The number of fused-ring (bicyclic) bond motifs is 1. The van der Waals surface area contributed by atoms with Crippen LogP contribution in [-0.2, 0) is 13.1 Å². The van der Waals surface area contributed by atoms with Crippen LogP contribution in [0.4, 0.5) is 0 Å². The predicted molar refractivity (Wildman–Crippen MR) is 143 cm³/mol. The molecule has 182 valence electrons. The van der Waals surface area contributed by atoms with Crippen molar-refractivity contribution in [3.63, 3.8) is 0 Å². The molecule has 5 aromatic heterocycles. The molecule has 37 heavy (non-hydrogen) atoms. The zero-order valence-electron chi connectivity index (χ0n) is 20.7. The van der Waals surface area contributed by atoms with Crippen LogP contribution in [0.2, 0.25) is 0 Å². The highest BCUT2D eigenvalue weighted by atomic mass is 15.3. The Morgan fingerprint density at radius 1 is 0.892 bits per heavy atom. The van der Waals surface area contributed by atoms with Gasteiger partial charge in [-0.15, -0.1) is 0 Å². The zero-order chi connectivity index (χ0) is 25.2. The number of nitrogens with one attached hydrogen (secondary N) is 1. The topological polar surface area (TPSA) is 87.9 Å². The number of hydrogen-bond acceptors (Lipinski definition) is 6. The molecule has 6 rings (SSSR count). The van der Waals surface area contributed by atoms with Crippen molar-refractivity contribution in [1.82, 2.24) is 39.4 Å². The minimum absolute atomic E-state index is 0.645. The van der Waals surface area contributed by atoms with Gasteiger partial charge in [0.25, 0.3) is 0 Å². The predicted octanol–water partition coefficient (Wildman–Crippen LogP) is 5.18. The van der Waals surface area contributed by atoms with Crippen LogP contribution in [-0.4, -0.2) is 46.5 Å². The number of imidazole rings is 1. The summed E-state index contributed by atoms with van der Waals surface area (Å²) in [7, 11) is 2.11. The van der Waals surface area contributed by atoms with Crippen molar-refractivity contribution in [3.05, 3.63) is 109 Å². The molecule has 0 saturated heterocycles. The number of aromatic amines is 1. The number of benzene rings is 1. The first kappa shape index (κ1) is 22.8. The first-order valence-corrected chi connectivity index (χ1v) is 12.1. The number of hydrogen-bond donors (Lipinski definition) is 1. The SMILES string of the molecule is Cc1cccc(-c2[nH]c(CN(C)Cc3ccccc3-c3cccnc3)nc2-c2ccc3ncnn3c2)n1. The quantitative estimate of drug-likeness (QED) is 0.334. The summed E-state index contributed by atoms with van der Waals surface area (Å²) in [6.07, 6.45) is 7.21. The average Bonchev–Trinajstić information content (AvgIpc) is 3.56. The van der Waals surface area contributed by atoms with Gasteiger partial charge in [0.05, 0.1) is 23.6 Å². The van der Waals surface area contributed by atoms with Crippen LogP contribution in [0, 0.1) is 6.92 Å². The summed E-state index contributed by atoms with van der Waals surface area (Å²) < 4.78 is 1.76. The van der Waals surface area contributed by atoms with Gasteiger partial charge in [-0.05, 0) is 55.4 Å². The second-order valence-electron chi connectivity index (χ2n) is 9.12. The number of aromatic nitrogens is 7. The molecule has 1 N–H and O–H groups in total. The van der Waals surface area contributed by atoms with Gasteiger partial charge < -0.3 is 4.98 Å². The summed E-state index contributed by atoms with van der Waals surface area (Å²) in [4.78, 5) is 24.2. The van der Waals surface area contributed by atoms with Gasteiger partial charge in [0, 0.05) is 42.0 Å². The Hall–Kier alpha value is -4.69. The largest absolute Gasteiger partial charge is 0.339 e. The second-order valence-corrected chi connectivity index (χ2v) is 9.12. The highest BCUT2D eigenvalue weighted by Gasteiger charge is 2.18. The lowest BCUT2D eigenvalue weighted by molar-refractivity contribution is 0.312. The Labute approximate surface area is 214 Å². The smallest absolute Gasteiger partial charge is 0.155 e. The standard InChI is InChI=1S/C29H26N8/c1-20-7-5-11-25(33-20)29-28(23-12-13-27-31-19-32-37(27)17-23)34-26(35-29)18-36(2)16-22-8-3-4-10-24(22)21-9-6-14-30-15-21/h3-15,17,19H,16,18H2,1-2H3,(H,34,35). The minimum atomic E-state index is 0.645. The van der Waals surface area contributed by atoms with Crippen molar-refractivity contribution in [1.29, 1.82) is 0 Å². The third-order valence-corrected chi connectivity index (χ3v) is 6.29. The van der Waals surface area contributed by atoms with Gasteiger partial charge in [0.15, 0.2) is 5.65 Å². The Bertz CT molecular complexity index is 1670. The molecule has 8 heteroatoms. The highest BCUT2D eigenvalue weighted by Crippen LogP contribution is 2.30. The molecule has 0 spiro atoms. The van der Waals surface area contributed by atoms with Gasteiger partial charge in [-0.1, -0.05) is 36.4 Å². The third kappa shape index (κ3) is 4.74. The maximum atomic E-state index is 5.03. The fourth-order valence-electron chi connectivity index (χ4n) is 4.59. The number of H-pyrrole nitrogens is 1. The minimum Gasteiger partial charge on any atom is -0.339 e. The fraction of sp³-hybridized carbons (Fsp3) is 0.138. The van der Waals surface area contributed by atoms with Gasteiger partial charge in [0.1, 0.15) is 12.2 Å². The van der Waals surface area contributed by atoms with Crippen LogP contribution in [0.25, 0.3) is 39.4 Å². The Morgan fingerprint density at radius 3 is 2.68 bits per heavy atom. The molecular formula is C29H26N8. The summed E-state index contributed by atoms with van der Waals surface area (Å²) >= 11 is 0. The van der Waals surface area contributed by atoms with Crippen molar-refractivity contribution < 1.29 is 0 Å². The van der Waals surface area contributed by atoms with E-state index in [9.17, 15) is 0 Å². The molecule has 0 aliphatic carbocycles. The lowest BCUT2D eigenvalue weighted by Crippen LogP contribution is -2.18. The lowest BCUT2D eigenvalue weighted by atomic mass is 10.0. The van der Waals surface area contributed by atoms with Crippen LogP contribution in [0.15, 0.2) is 91.6 Å². The van der Waals surface area contributed by atoms with E-state index in [1.165, 1.54) is 11.1 Å². The molecule has 0 amide bonds. The summed E-state index contributed by atoms with van der Waals surface area (Å²) in [6.45, 7) is 3.41. The van der Waals surface area contributed by atoms with Crippen LogP contribution in [0.3, 0.4) is 0 Å². The van der Waals surface area contributed by atoms with E-state index in [0.717, 1.165) is 51.9 Å². The van der Waals surface area contributed by atoms with E-state index >= 15 is 0 Å². The van der Waals surface area contributed by atoms with Gasteiger partial charge >= 0.3 is 0 Å². The molecular weight excluding hydrogens is 460 g/mol. The fourth-order valence-corrected chi connectivity index (χ4v) is 4.59. The molecule has 0 radical (unpaired) electrons. The van der Waals surface area contributed by atoms with E-state index < -0.39 is 0 Å². The molecule has 0 saturated carbocycles. The highest BCUT2D eigenvalue weighted by molar-refractivity contribution is 5.77. The molecule has 0 unspecified atom stereocenters. The van der Waals surface area contributed by atoms with Crippen LogP contribution >= 0.6 is 0 Å². The summed E-state index contributed by atoms with van der Waals surface area (Å²) in [5.74, 6) is 0.869. The number of rotatable bonds is 7. The van der Waals surface area contributed by atoms with E-state index in [0.29, 0.717) is 6.54 Å². The number of aryl methyl sites for hydroxylation is 1. The van der Waals surface area contributed by atoms with E-state index in [2.05, 4.69) is 62.3 Å². The van der Waals surface area contributed by atoms with Crippen molar-refractivity contribution in [2.75, 3.05) is 7.05 Å².